The van der Waals surface area contributed by atoms with E-state index in [2.05, 4.69) is 10.3 Å². The number of nitrogens with one attached hydrogen (secondary N) is 1. The smallest absolute Gasteiger partial charge is 0.222 e. The van der Waals surface area contributed by atoms with Gasteiger partial charge < -0.3 is 15.2 Å². The van der Waals surface area contributed by atoms with Gasteiger partial charge in [0, 0.05) is 18.7 Å². The second-order valence-electron chi connectivity index (χ2n) is 4.27. The first-order chi connectivity index (χ1) is 9.74. The molecule has 0 radical (unpaired) electrons. The van der Waals surface area contributed by atoms with Gasteiger partial charge in [-0.05, 0) is 36.2 Å². The molecule has 0 amide bonds. The van der Waals surface area contributed by atoms with Gasteiger partial charge in [-0.2, -0.15) is 4.39 Å². The summed E-state index contributed by atoms with van der Waals surface area (Å²) in [6.07, 6.45) is 0.601. The molecule has 0 aliphatic heterocycles. The number of pyridine rings is 1. The highest BCUT2D eigenvalue weighted by Crippen LogP contribution is 2.25. The molecule has 0 aliphatic rings. The fraction of sp³-hybridized carbons (Fsp3) is 0.267. The Labute approximate surface area is 117 Å². The number of anilines is 1. The molecule has 5 heteroatoms. The van der Waals surface area contributed by atoms with Gasteiger partial charge in [-0.25, -0.2) is 4.98 Å². The highest BCUT2D eigenvalue weighted by Gasteiger charge is 2.07. The largest absolute Gasteiger partial charge is 0.497 e. The predicted octanol–water partition coefficient (Wildman–Crippen LogP) is 2.69. The fourth-order valence-corrected chi connectivity index (χ4v) is 1.81. The summed E-state index contributed by atoms with van der Waals surface area (Å²) in [7, 11) is 1.59. The normalized spacial score (nSPS) is 10.3. The number of aliphatic hydroxyl groups excluding tert-OH is 1. The van der Waals surface area contributed by atoms with Gasteiger partial charge >= 0.3 is 0 Å². The molecule has 2 aromatic rings. The third-order valence-corrected chi connectivity index (χ3v) is 2.89. The summed E-state index contributed by atoms with van der Waals surface area (Å²) in [4.78, 5) is 3.87. The lowest BCUT2D eigenvalue weighted by atomic mass is 10.1. The number of rotatable bonds is 6. The van der Waals surface area contributed by atoms with Gasteiger partial charge in [0.1, 0.15) is 11.6 Å². The monoisotopic (exact) mass is 276 g/mol. The van der Waals surface area contributed by atoms with Crippen LogP contribution < -0.4 is 10.1 Å². The molecule has 0 bridgehead atoms. The summed E-state index contributed by atoms with van der Waals surface area (Å²) in [6, 6.07) is 10.5. The second kappa shape index (κ2) is 6.86. The second-order valence-corrected chi connectivity index (χ2v) is 4.27. The zero-order chi connectivity index (χ0) is 14.4. The van der Waals surface area contributed by atoms with E-state index in [1.807, 2.05) is 0 Å². The molecule has 1 aromatic heterocycles. The highest BCUT2D eigenvalue weighted by atomic mass is 19.1. The van der Waals surface area contributed by atoms with Crippen molar-refractivity contribution in [1.29, 1.82) is 0 Å². The zero-order valence-corrected chi connectivity index (χ0v) is 11.3. The van der Waals surface area contributed by atoms with Gasteiger partial charge in [0.25, 0.3) is 0 Å². The van der Waals surface area contributed by atoms with Crippen LogP contribution in [-0.4, -0.2) is 30.4 Å². The number of nitrogens with zero attached hydrogens (tertiary/aromatic N) is 1. The summed E-state index contributed by atoms with van der Waals surface area (Å²) in [5.74, 6) is 0.668. The van der Waals surface area contributed by atoms with E-state index in [4.69, 9.17) is 9.84 Å². The third kappa shape index (κ3) is 3.45. The van der Waals surface area contributed by atoms with E-state index in [9.17, 15) is 4.39 Å². The molecule has 1 aromatic carbocycles. The molecule has 106 valence electrons. The Balaban J connectivity index is 2.15. The minimum atomic E-state index is -0.524. The minimum absolute atomic E-state index is 0.0966. The standard InChI is InChI=1S/C15H17FN2O2/c1-20-12-5-3-11(4-6-12)13-7-8-14(18-15(13)16)17-9-2-10-19/h3-8,19H,2,9-10H2,1H3,(H,17,18). The molecule has 0 saturated heterocycles. The Morgan fingerprint density at radius 2 is 1.95 bits per heavy atom. The predicted molar refractivity (Wildman–Crippen MR) is 76.4 cm³/mol. The molecule has 0 fully saturated rings. The van der Waals surface area contributed by atoms with Crippen molar-refractivity contribution in [2.45, 2.75) is 6.42 Å². The summed E-state index contributed by atoms with van der Waals surface area (Å²) in [6.45, 7) is 0.657. The summed E-state index contributed by atoms with van der Waals surface area (Å²) in [5, 5.41) is 11.6. The van der Waals surface area contributed by atoms with Crippen molar-refractivity contribution in [3.8, 4) is 16.9 Å². The van der Waals surface area contributed by atoms with Crippen molar-refractivity contribution in [3.63, 3.8) is 0 Å². The summed E-state index contributed by atoms with van der Waals surface area (Å²) >= 11 is 0. The van der Waals surface area contributed by atoms with Gasteiger partial charge in [0.2, 0.25) is 5.95 Å². The Bertz CT molecular complexity index is 558. The number of ether oxygens (including phenoxy) is 1. The van der Waals surface area contributed by atoms with Gasteiger partial charge in [-0.3, -0.25) is 0 Å². The first-order valence-electron chi connectivity index (χ1n) is 6.40. The average Bonchev–Trinajstić information content (AvgIpc) is 2.48. The number of halogens is 1. The first kappa shape index (κ1) is 14.3. The molecule has 4 nitrogen and oxygen atoms in total. The molecule has 20 heavy (non-hydrogen) atoms. The van der Waals surface area contributed by atoms with Crippen LogP contribution in [-0.2, 0) is 0 Å². The molecule has 2 N–H and O–H groups in total. The van der Waals surface area contributed by atoms with Crippen LogP contribution >= 0.6 is 0 Å². The van der Waals surface area contributed by atoms with Gasteiger partial charge in [0.05, 0.1) is 7.11 Å². The Kier molecular flexibility index (Phi) is 4.90. The zero-order valence-electron chi connectivity index (χ0n) is 11.3. The first-order valence-corrected chi connectivity index (χ1v) is 6.40. The van der Waals surface area contributed by atoms with Crippen LogP contribution in [0.5, 0.6) is 5.75 Å². The number of aromatic nitrogens is 1. The van der Waals surface area contributed by atoms with Gasteiger partial charge in [0.15, 0.2) is 0 Å². The highest BCUT2D eigenvalue weighted by molar-refractivity contribution is 5.65. The van der Waals surface area contributed by atoms with Crippen molar-refractivity contribution in [1.82, 2.24) is 4.98 Å². The molecule has 0 unspecified atom stereocenters. The van der Waals surface area contributed by atoms with E-state index in [0.29, 0.717) is 24.3 Å². The number of methoxy groups -OCH3 is 1. The third-order valence-electron chi connectivity index (χ3n) is 2.89. The molecule has 1 heterocycles. The lowest BCUT2D eigenvalue weighted by Gasteiger charge is -2.08. The average molecular weight is 276 g/mol. The quantitative estimate of drug-likeness (QED) is 0.629. The minimum Gasteiger partial charge on any atom is -0.497 e. The van der Waals surface area contributed by atoms with Gasteiger partial charge in [-0.1, -0.05) is 12.1 Å². The van der Waals surface area contributed by atoms with E-state index < -0.39 is 5.95 Å². The lowest BCUT2D eigenvalue weighted by molar-refractivity contribution is 0.292. The van der Waals surface area contributed by atoms with Crippen LogP contribution in [0.15, 0.2) is 36.4 Å². The van der Waals surface area contributed by atoms with E-state index in [1.54, 1.807) is 43.5 Å². The van der Waals surface area contributed by atoms with Crippen LogP contribution in [0.4, 0.5) is 10.2 Å². The van der Waals surface area contributed by atoms with Crippen LogP contribution in [0.25, 0.3) is 11.1 Å². The number of benzene rings is 1. The summed E-state index contributed by atoms with van der Waals surface area (Å²) in [5.41, 5.74) is 1.19. The van der Waals surface area contributed by atoms with Crippen LogP contribution in [0.1, 0.15) is 6.42 Å². The maximum Gasteiger partial charge on any atom is 0.222 e. The van der Waals surface area contributed by atoms with Crippen LogP contribution in [0.3, 0.4) is 0 Å². The van der Waals surface area contributed by atoms with E-state index in [-0.39, 0.29) is 6.61 Å². The maximum atomic E-state index is 14.0. The van der Waals surface area contributed by atoms with Crippen molar-refractivity contribution in [2.75, 3.05) is 25.6 Å². The van der Waals surface area contributed by atoms with Crippen molar-refractivity contribution >= 4 is 5.82 Å². The van der Waals surface area contributed by atoms with Crippen LogP contribution in [0.2, 0.25) is 0 Å². The van der Waals surface area contributed by atoms with Crippen molar-refractivity contribution < 1.29 is 14.2 Å². The fourth-order valence-electron chi connectivity index (χ4n) is 1.81. The Morgan fingerprint density at radius 3 is 2.55 bits per heavy atom. The molecular weight excluding hydrogens is 259 g/mol. The number of aliphatic hydroxyl groups is 1. The molecular formula is C15H17FN2O2. The summed E-state index contributed by atoms with van der Waals surface area (Å²) < 4.78 is 19.1. The molecule has 0 spiro atoms. The molecule has 0 atom stereocenters. The Hall–Kier alpha value is -2.14. The van der Waals surface area contributed by atoms with E-state index in [1.165, 1.54) is 0 Å². The molecule has 0 saturated carbocycles. The maximum absolute atomic E-state index is 14.0. The lowest BCUT2D eigenvalue weighted by Crippen LogP contribution is -2.06. The van der Waals surface area contributed by atoms with Crippen molar-refractivity contribution in [2.24, 2.45) is 0 Å². The van der Waals surface area contributed by atoms with Crippen LogP contribution in [0, 0.1) is 5.95 Å². The molecule has 2 rings (SSSR count). The van der Waals surface area contributed by atoms with E-state index in [0.717, 1.165) is 11.3 Å². The van der Waals surface area contributed by atoms with Gasteiger partial charge in [-0.15, -0.1) is 0 Å². The SMILES string of the molecule is COc1ccc(-c2ccc(NCCCO)nc2F)cc1. The van der Waals surface area contributed by atoms with E-state index >= 15 is 0 Å². The Morgan fingerprint density at radius 1 is 1.20 bits per heavy atom. The topological polar surface area (TPSA) is 54.4 Å². The molecule has 0 aliphatic carbocycles. The van der Waals surface area contributed by atoms with Crippen molar-refractivity contribution in [3.05, 3.63) is 42.3 Å². The number of hydrogen-bond donors (Lipinski definition) is 2. The number of hydrogen-bond acceptors (Lipinski definition) is 4.